The molecule has 2 rings (SSSR count). The maximum absolute atomic E-state index is 13.4. The maximum atomic E-state index is 13.4. The van der Waals surface area contributed by atoms with Gasteiger partial charge in [0.05, 0.1) is 0 Å². The van der Waals surface area contributed by atoms with Gasteiger partial charge in [-0.25, -0.2) is 4.39 Å². The van der Waals surface area contributed by atoms with Crippen LogP contribution in [0.5, 0.6) is 5.75 Å². The van der Waals surface area contributed by atoms with Crippen LogP contribution >= 0.6 is 0 Å². The first-order chi connectivity index (χ1) is 10.1. The fourth-order valence-corrected chi connectivity index (χ4v) is 2.10. The summed E-state index contributed by atoms with van der Waals surface area (Å²) < 4.78 is 19.1. The van der Waals surface area contributed by atoms with Crippen LogP contribution in [0, 0.1) is 11.2 Å². The zero-order chi connectivity index (χ0) is 15.2. The Balaban J connectivity index is 2.04. The predicted octanol–water partition coefficient (Wildman–Crippen LogP) is 3.64. The van der Waals surface area contributed by atoms with E-state index in [2.05, 4.69) is 6.92 Å². The number of halogens is 1. The Morgan fingerprint density at radius 3 is 2.48 bits per heavy atom. The van der Waals surface area contributed by atoms with Crippen molar-refractivity contribution in [3.63, 3.8) is 0 Å². The summed E-state index contributed by atoms with van der Waals surface area (Å²) >= 11 is 0. The highest BCUT2D eigenvalue weighted by Gasteiger charge is 2.04. The number of benzene rings is 2. The molecule has 0 radical (unpaired) electrons. The van der Waals surface area contributed by atoms with Crippen molar-refractivity contribution >= 4 is 5.84 Å². The molecule has 0 saturated carbocycles. The van der Waals surface area contributed by atoms with Crippen LogP contribution in [0.15, 0.2) is 42.5 Å². The molecule has 0 fully saturated rings. The number of amidine groups is 1. The largest absolute Gasteiger partial charge is 0.489 e. The smallest absolute Gasteiger partial charge is 0.124 e. The highest BCUT2D eigenvalue weighted by molar-refractivity contribution is 5.95. The molecule has 3 N–H and O–H groups in total. The number of nitrogens with one attached hydrogen (secondary N) is 1. The second-order valence-corrected chi connectivity index (χ2v) is 4.94. The lowest BCUT2D eigenvalue weighted by Gasteiger charge is -2.09. The number of rotatable bonds is 6. The second-order valence-electron chi connectivity index (χ2n) is 4.94. The monoisotopic (exact) mass is 286 g/mol. The van der Waals surface area contributed by atoms with Gasteiger partial charge in [0.1, 0.15) is 24.0 Å². The summed E-state index contributed by atoms with van der Waals surface area (Å²) in [7, 11) is 0. The van der Waals surface area contributed by atoms with Crippen LogP contribution in [0.1, 0.15) is 30.0 Å². The highest BCUT2D eigenvalue weighted by Crippen LogP contribution is 2.16. The second kappa shape index (κ2) is 6.88. The first-order valence-corrected chi connectivity index (χ1v) is 6.94. The number of nitrogens with two attached hydrogens (primary N) is 1. The highest BCUT2D eigenvalue weighted by atomic mass is 19.1. The lowest BCUT2D eigenvalue weighted by molar-refractivity contribution is 0.305. The van der Waals surface area contributed by atoms with E-state index in [0.717, 1.165) is 18.6 Å². The number of ether oxygens (including phenoxy) is 1. The summed E-state index contributed by atoms with van der Waals surface area (Å²) in [4.78, 5) is 0. The zero-order valence-corrected chi connectivity index (χ0v) is 12.0. The van der Waals surface area contributed by atoms with Crippen LogP contribution in [-0.2, 0) is 13.0 Å². The molecule has 0 atom stereocenters. The minimum Gasteiger partial charge on any atom is -0.489 e. The van der Waals surface area contributed by atoms with Crippen molar-refractivity contribution in [3.05, 3.63) is 65.0 Å². The molecule has 0 aliphatic carbocycles. The summed E-state index contributed by atoms with van der Waals surface area (Å²) in [5.74, 6) is 0.169. The van der Waals surface area contributed by atoms with Gasteiger partial charge in [0, 0.05) is 5.56 Å². The van der Waals surface area contributed by atoms with E-state index in [1.54, 1.807) is 6.07 Å². The van der Waals surface area contributed by atoms with E-state index in [4.69, 9.17) is 15.9 Å². The van der Waals surface area contributed by atoms with Gasteiger partial charge < -0.3 is 10.5 Å². The molecular formula is C17H19FN2O. The van der Waals surface area contributed by atoms with E-state index in [1.165, 1.54) is 17.7 Å². The van der Waals surface area contributed by atoms with Crippen LogP contribution in [-0.4, -0.2) is 5.84 Å². The average Bonchev–Trinajstić information content (AvgIpc) is 2.46. The van der Waals surface area contributed by atoms with E-state index in [1.807, 2.05) is 24.3 Å². The Morgan fingerprint density at radius 1 is 1.14 bits per heavy atom. The third kappa shape index (κ3) is 4.31. The summed E-state index contributed by atoms with van der Waals surface area (Å²) in [6.45, 7) is 2.38. The van der Waals surface area contributed by atoms with Crippen molar-refractivity contribution in [1.82, 2.24) is 0 Å². The molecule has 0 aliphatic rings. The summed E-state index contributed by atoms with van der Waals surface area (Å²) in [5.41, 5.74) is 7.67. The molecule has 21 heavy (non-hydrogen) atoms. The van der Waals surface area contributed by atoms with Gasteiger partial charge in [-0.15, -0.1) is 0 Å². The van der Waals surface area contributed by atoms with Gasteiger partial charge in [0.2, 0.25) is 0 Å². The predicted molar refractivity (Wildman–Crippen MR) is 82.2 cm³/mol. The first kappa shape index (κ1) is 15.0. The molecule has 2 aromatic carbocycles. The quantitative estimate of drug-likeness (QED) is 0.629. The molecule has 0 bridgehead atoms. The van der Waals surface area contributed by atoms with Gasteiger partial charge in [-0.3, -0.25) is 5.41 Å². The molecule has 0 amide bonds. The summed E-state index contributed by atoms with van der Waals surface area (Å²) in [6, 6.07) is 12.2. The molecule has 110 valence electrons. The van der Waals surface area contributed by atoms with E-state index in [9.17, 15) is 4.39 Å². The number of hydrogen-bond acceptors (Lipinski definition) is 2. The summed E-state index contributed by atoms with van der Waals surface area (Å²) in [6.07, 6.45) is 2.16. The fourth-order valence-electron chi connectivity index (χ4n) is 2.10. The van der Waals surface area contributed by atoms with Crippen molar-refractivity contribution in [1.29, 1.82) is 5.41 Å². The molecule has 0 aromatic heterocycles. The Labute approximate surface area is 124 Å². The third-order valence-electron chi connectivity index (χ3n) is 3.14. The Bertz CT molecular complexity index is 623. The molecule has 3 nitrogen and oxygen atoms in total. The van der Waals surface area contributed by atoms with E-state index in [-0.39, 0.29) is 12.4 Å². The molecule has 0 heterocycles. The van der Waals surface area contributed by atoms with Gasteiger partial charge >= 0.3 is 0 Å². The zero-order valence-electron chi connectivity index (χ0n) is 12.0. The lowest BCUT2D eigenvalue weighted by atomic mass is 10.1. The number of aryl methyl sites for hydroxylation is 1. The Morgan fingerprint density at radius 2 is 1.86 bits per heavy atom. The van der Waals surface area contributed by atoms with Crippen molar-refractivity contribution in [2.45, 2.75) is 26.4 Å². The summed E-state index contributed by atoms with van der Waals surface area (Å²) in [5, 5.41) is 7.36. The van der Waals surface area contributed by atoms with Gasteiger partial charge in [-0.1, -0.05) is 25.5 Å². The number of hydrogen-bond donors (Lipinski definition) is 2. The van der Waals surface area contributed by atoms with E-state index < -0.39 is 5.82 Å². The minimum atomic E-state index is -0.417. The van der Waals surface area contributed by atoms with E-state index >= 15 is 0 Å². The molecule has 0 aliphatic heterocycles. The molecular weight excluding hydrogens is 267 g/mol. The van der Waals surface area contributed by atoms with Crippen molar-refractivity contribution in [2.24, 2.45) is 5.73 Å². The molecule has 0 unspecified atom stereocenters. The normalized spacial score (nSPS) is 10.4. The van der Waals surface area contributed by atoms with Crippen molar-refractivity contribution in [2.75, 3.05) is 0 Å². The minimum absolute atomic E-state index is 0.153. The van der Waals surface area contributed by atoms with Crippen LogP contribution in [0.3, 0.4) is 0 Å². The van der Waals surface area contributed by atoms with Crippen LogP contribution in [0.25, 0.3) is 0 Å². The van der Waals surface area contributed by atoms with Crippen molar-refractivity contribution < 1.29 is 9.13 Å². The van der Waals surface area contributed by atoms with Gasteiger partial charge in [-0.2, -0.15) is 0 Å². The third-order valence-corrected chi connectivity index (χ3v) is 3.14. The molecule has 0 saturated heterocycles. The van der Waals surface area contributed by atoms with Crippen LogP contribution < -0.4 is 10.5 Å². The SMILES string of the molecule is CCCc1ccc(OCc2cc(F)cc(C(=N)N)c2)cc1. The topological polar surface area (TPSA) is 59.1 Å². The van der Waals surface area contributed by atoms with E-state index in [0.29, 0.717) is 11.1 Å². The Hall–Kier alpha value is -2.36. The van der Waals surface area contributed by atoms with Gasteiger partial charge in [0.25, 0.3) is 0 Å². The average molecular weight is 286 g/mol. The lowest BCUT2D eigenvalue weighted by Crippen LogP contribution is -2.12. The number of nitrogen functional groups attached to an aromatic ring is 1. The standard InChI is InChI=1S/C17H19FN2O/c1-2-3-12-4-6-16(7-5-12)21-11-13-8-14(17(19)20)10-15(18)9-13/h4-10H,2-3,11H2,1H3,(H3,19,20). The van der Waals surface area contributed by atoms with Crippen LogP contribution in [0.4, 0.5) is 4.39 Å². The molecule has 0 spiro atoms. The van der Waals surface area contributed by atoms with Gasteiger partial charge in [0.15, 0.2) is 0 Å². The molecule has 4 heteroatoms. The van der Waals surface area contributed by atoms with Crippen molar-refractivity contribution in [3.8, 4) is 5.75 Å². The van der Waals surface area contributed by atoms with Gasteiger partial charge in [-0.05, 0) is 47.9 Å². The fraction of sp³-hybridized carbons (Fsp3) is 0.235. The maximum Gasteiger partial charge on any atom is 0.124 e. The van der Waals surface area contributed by atoms with Crippen LogP contribution in [0.2, 0.25) is 0 Å². The Kier molecular flexibility index (Phi) is 4.93. The first-order valence-electron chi connectivity index (χ1n) is 6.94. The molecule has 2 aromatic rings.